The summed E-state index contributed by atoms with van der Waals surface area (Å²) in [5.41, 5.74) is 3.05. The molecule has 0 aromatic heterocycles. The van der Waals surface area contributed by atoms with Crippen LogP contribution in [0.15, 0.2) is 54.6 Å². The Hall–Kier alpha value is -2.66. The molecule has 2 aromatic rings. The average molecular weight is 339 g/mol. The van der Waals surface area contributed by atoms with E-state index in [-0.39, 0.29) is 18.2 Å². The molecule has 2 atom stereocenters. The summed E-state index contributed by atoms with van der Waals surface area (Å²) in [6, 6.07) is 16.8. The van der Waals surface area contributed by atoms with Crippen LogP contribution in [-0.4, -0.2) is 36.2 Å². The van der Waals surface area contributed by atoms with E-state index in [2.05, 4.69) is 5.32 Å². The number of carbonyl (C=O) groups excluding carboxylic acids is 1. The summed E-state index contributed by atoms with van der Waals surface area (Å²) in [4.78, 5) is 23.6. The first-order chi connectivity index (χ1) is 12.1. The van der Waals surface area contributed by atoms with Crippen molar-refractivity contribution < 1.29 is 19.4 Å². The highest BCUT2D eigenvalue weighted by Crippen LogP contribution is 2.20. The molecule has 3 rings (SSSR count). The van der Waals surface area contributed by atoms with Crippen LogP contribution in [-0.2, 0) is 20.7 Å². The van der Waals surface area contributed by atoms with Gasteiger partial charge in [-0.1, -0.05) is 54.6 Å². The highest BCUT2D eigenvalue weighted by atomic mass is 16.5. The molecule has 0 bridgehead atoms. The molecule has 2 N–H and O–H groups in total. The van der Waals surface area contributed by atoms with Crippen LogP contribution in [0, 0.1) is 5.92 Å². The first kappa shape index (κ1) is 17.2. The van der Waals surface area contributed by atoms with Crippen molar-refractivity contribution in [2.45, 2.75) is 18.9 Å². The van der Waals surface area contributed by atoms with Gasteiger partial charge in [-0.2, -0.15) is 0 Å². The Morgan fingerprint density at radius 2 is 1.76 bits per heavy atom. The Morgan fingerprint density at radius 3 is 2.36 bits per heavy atom. The van der Waals surface area contributed by atoms with Gasteiger partial charge in [0.1, 0.15) is 6.04 Å². The quantitative estimate of drug-likeness (QED) is 0.848. The molecular formula is C20H21NO4. The van der Waals surface area contributed by atoms with Gasteiger partial charge in [-0.15, -0.1) is 0 Å². The first-order valence-corrected chi connectivity index (χ1v) is 8.39. The Bertz CT molecular complexity index is 721. The fourth-order valence-electron chi connectivity index (χ4n) is 2.93. The van der Waals surface area contributed by atoms with E-state index in [1.807, 2.05) is 54.6 Å². The van der Waals surface area contributed by atoms with Crippen molar-refractivity contribution in [3.05, 3.63) is 60.2 Å². The second-order valence-corrected chi connectivity index (χ2v) is 6.23. The topological polar surface area (TPSA) is 75.6 Å². The molecule has 0 saturated carbocycles. The minimum Gasteiger partial charge on any atom is -0.480 e. The molecule has 0 aliphatic carbocycles. The lowest BCUT2D eigenvalue weighted by atomic mass is 10.00. The molecule has 130 valence electrons. The van der Waals surface area contributed by atoms with Crippen LogP contribution >= 0.6 is 0 Å². The van der Waals surface area contributed by atoms with Gasteiger partial charge in [0.05, 0.1) is 12.5 Å². The van der Waals surface area contributed by atoms with Crippen LogP contribution in [0.25, 0.3) is 11.1 Å². The van der Waals surface area contributed by atoms with Crippen LogP contribution in [0.3, 0.4) is 0 Å². The van der Waals surface area contributed by atoms with Gasteiger partial charge in [0.15, 0.2) is 0 Å². The van der Waals surface area contributed by atoms with Gasteiger partial charge in [-0.05, 0) is 23.1 Å². The van der Waals surface area contributed by atoms with Gasteiger partial charge in [0, 0.05) is 13.0 Å². The molecule has 25 heavy (non-hydrogen) atoms. The standard InChI is InChI=1S/C20H21NO4/c22-19(17-10-11-25-13-17)21-18(20(23)24)12-14-6-8-16(9-7-14)15-4-2-1-3-5-15/h1-9,17-18H,10-13H2,(H,21,22)(H,23,24)/t17-,18+/m0/s1. The molecule has 1 aliphatic rings. The van der Waals surface area contributed by atoms with Crippen LogP contribution in [0.1, 0.15) is 12.0 Å². The second kappa shape index (κ2) is 7.94. The molecule has 1 heterocycles. The number of aliphatic carboxylic acids is 1. The van der Waals surface area contributed by atoms with E-state index in [0.29, 0.717) is 19.6 Å². The van der Waals surface area contributed by atoms with Crippen molar-refractivity contribution in [2.75, 3.05) is 13.2 Å². The summed E-state index contributed by atoms with van der Waals surface area (Å²) in [6.45, 7) is 0.917. The lowest BCUT2D eigenvalue weighted by Gasteiger charge is -2.17. The summed E-state index contributed by atoms with van der Waals surface area (Å²) < 4.78 is 5.19. The molecule has 1 amide bonds. The molecule has 1 aliphatic heterocycles. The lowest BCUT2D eigenvalue weighted by molar-refractivity contribution is -0.142. The SMILES string of the molecule is O=C(N[C@H](Cc1ccc(-c2ccccc2)cc1)C(=O)O)[C@H]1CCOC1. The molecule has 0 radical (unpaired) electrons. The van der Waals surface area contributed by atoms with Crippen LogP contribution in [0.4, 0.5) is 0 Å². The third kappa shape index (κ3) is 4.45. The van der Waals surface area contributed by atoms with E-state index in [1.165, 1.54) is 0 Å². The van der Waals surface area contributed by atoms with Crippen molar-refractivity contribution in [1.82, 2.24) is 5.32 Å². The number of hydrogen-bond acceptors (Lipinski definition) is 3. The maximum absolute atomic E-state index is 12.1. The van der Waals surface area contributed by atoms with Crippen LogP contribution in [0.2, 0.25) is 0 Å². The van der Waals surface area contributed by atoms with Gasteiger partial charge < -0.3 is 15.2 Å². The summed E-state index contributed by atoms with van der Waals surface area (Å²) in [6.07, 6.45) is 0.896. The maximum atomic E-state index is 12.1. The van der Waals surface area contributed by atoms with E-state index in [1.54, 1.807) is 0 Å². The van der Waals surface area contributed by atoms with E-state index in [4.69, 9.17) is 4.74 Å². The lowest BCUT2D eigenvalue weighted by Crippen LogP contribution is -2.45. The maximum Gasteiger partial charge on any atom is 0.326 e. The van der Waals surface area contributed by atoms with E-state index in [0.717, 1.165) is 16.7 Å². The Labute approximate surface area is 146 Å². The highest BCUT2D eigenvalue weighted by molar-refractivity contribution is 5.85. The van der Waals surface area contributed by atoms with E-state index in [9.17, 15) is 14.7 Å². The van der Waals surface area contributed by atoms with Crippen molar-refractivity contribution in [3.63, 3.8) is 0 Å². The van der Waals surface area contributed by atoms with Crippen molar-refractivity contribution >= 4 is 11.9 Å². The van der Waals surface area contributed by atoms with E-state index >= 15 is 0 Å². The van der Waals surface area contributed by atoms with E-state index < -0.39 is 12.0 Å². The molecule has 5 nitrogen and oxygen atoms in total. The number of hydrogen-bond donors (Lipinski definition) is 2. The number of amides is 1. The monoisotopic (exact) mass is 339 g/mol. The second-order valence-electron chi connectivity index (χ2n) is 6.23. The van der Waals surface area contributed by atoms with Crippen molar-refractivity contribution in [1.29, 1.82) is 0 Å². The predicted molar refractivity (Wildman–Crippen MR) is 94.1 cm³/mol. The minimum absolute atomic E-state index is 0.245. The Balaban J connectivity index is 1.65. The van der Waals surface area contributed by atoms with Gasteiger partial charge >= 0.3 is 5.97 Å². The fraction of sp³-hybridized carbons (Fsp3) is 0.300. The largest absolute Gasteiger partial charge is 0.480 e. The van der Waals surface area contributed by atoms with Gasteiger partial charge in [-0.25, -0.2) is 4.79 Å². The number of ether oxygens (including phenoxy) is 1. The number of carbonyl (C=O) groups is 2. The zero-order valence-corrected chi connectivity index (χ0v) is 13.9. The molecule has 0 spiro atoms. The summed E-state index contributed by atoms with van der Waals surface area (Å²) in [5.74, 6) is -1.52. The number of rotatable bonds is 6. The zero-order valence-electron chi connectivity index (χ0n) is 13.9. The average Bonchev–Trinajstić information content (AvgIpc) is 3.17. The molecule has 1 fully saturated rings. The van der Waals surface area contributed by atoms with Crippen molar-refractivity contribution in [3.8, 4) is 11.1 Å². The number of benzene rings is 2. The summed E-state index contributed by atoms with van der Waals surface area (Å²) >= 11 is 0. The van der Waals surface area contributed by atoms with Gasteiger partial charge in [-0.3, -0.25) is 4.79 Å². The number of carboxylic acids is 1. The van der Waals surface area contributed by atoms with Crippen molar-refractivity contribution in [2.24, 2.45) is 5.92 Å². The molecule has 0 unspecified atom stereocenters. The summed E-state index contributed by atoms with van der Waals surface area (Å²) in [7, 11) is 0. The smallest absolute Gasteiger partial charge is 0.326 e. The highest BCUT2D eigenvalue weighted by Gasteiger charge is 2.28. The Kier molecular flexibility index (Phi) is 5.46. The number of nitrogens with one attached hydrogen (secondary N) is 1. The molecular weight excluding hydrogens is 318 g/mol. The van der Waals surface area contributed by atoms with Gasteiger partial charge in [0.2, 0.25) is 5.91 Å². The fourth-order valence-corrected chi connectivity index (χ4v) is 2.93. The molecule has 2 aromatic carbocycles. The number of carboxylic acid groups (broad SMARTS) is 1. The third-order valence-corrected chi connectivity index (χ3v) is 4.42. The third-order valence-electron chi connectivity index (χ3n) is 4.42. The molecule has 5 heteroatoms. The van der Waals surface area contributed by atoms with Gasteiger partial charge in [0.25, 0.3) is 0 Å². The summed E-state index contributed by atoms with van der Waals surface area (Å²) in [5, 5.41) is 12.0. The van der Waals surface area contributed by atoms with Crippen LogP contribution in [0.5, 0.6) is 0 Å². The zero-order chi connectivity index (χ0) is 17.6. The Morgan fingerprint density at radius 1 is 1.08 bits per heavy atom. The first-order valence-electron chi connectivity index (χ1n) is 8.39. The predicted octanol–water partition coefficient (Wildman–Crippen LogP) is 2.50. The normalized spacial score (nSPS) is 17.8. The minimum atomic E-state index is -1.03. The molecule has 1 saturated heterocycles. The van der Waals surface area contributed by atoms with Crippen LogP contribution < -0.4 is 5.32 Å².